The molecule has 7 heteroatoms. The second-order valence-corrected chi connectivity index (χ2v) is 8.51. The Hall–Kier alpha value is -2.38. The number of nitrogens with one attached hydrogen (secondary N) is 2. The molecule has 1 fully saturated rings. The van der Waals surface area contributed by atoms with Crippen molar-refractivity contribution in [3.05, 3.63) is 60.2 Å². The Kier molecular flexibility index (Phi) is 6.13. The largest absolute Gasteiger partial charge is 0.352 e. The summed E-state index contributed by atoms with van der Waals surface area (Å²) in [6.07, 6.45) is 2.87. The molecule has 6 nitrogen and oxygen atoms in total. The third-order valence-electron chi connectivity index (χ3n) is 5.07. The molecule has 4 N–H and O–H groups in total. The van der Waals surface area contributed by atoms with E-state index in [1.165, 1.54) is 0 Å². The summed E-state index contributed by atoms with van der Waals surface area (Å²) in [6.45, 7) is 0.783. The summed E-state index contributed by atoms with van der Waals surface area (Å²) < 4.78 is 27.8. The van der Waals surface area contributed by atoms with E-state index in [0.29, 0.717) is 17.8 Å². The minimum Gasteiger partial charge on any atom is -0.352 e. The van der Waals surface area contributed by atoms with Gasteiger partial charge in [0.1, 0.15) is 0 Å². The summed E-state index contributed by atoms with van der Waals surface area (Å²) in [5, 5.41) is 2.94. The van der Waals surface area contributed by atoms with Crippen LogP contribution >= 0.6 is 0 Å². The van der Waals surface area contributed by atoms with E-state index in [1.807, 2.05) is 6.07 Å². The topological polar surface area (TPSA) is 101 Å². The first kappa shape index (κ1) is 19.4. The quantitative estimate of drug-likeness (QED) is 0.679. The summed E-state index contributed by atoms with van der Waals surface area (Å²) in [5.74, 6) is 0.170. The summed E-state index contributed by atoms with van der Waals surface area (Å²) in [6, 6.07) is 15.3. The molecule has 2 aromatic rings. The monoisotopic (exact) mass is 387 g/mol. The second-order valence-electron chi connectivity index (χ2n) is 6.83. The minimum atomic E-state index is -3.68. The van der Waals surface area contributed by atoms with Gasteiger partial charge in [-0.25, -0.2) is 8.42 Å². The molecule has 0 radical (unpaired) electrons. The number of para-hydroxylation sites is 1. The molecule has 2 atom stereocenters. The van der Waals surface area contributed by atoms with E-state index in [-0.39, 0.29) is 29.2 Å². The maximum Gasteiger partial charge on any atom is 0.261 e. The van der Waals surface area contributed by atoms with Gasteiger partial charge >= 0.3 is 0 Å². The molecule has 1 aliphatic rings. The molecule has 3 rings (SSSR count). The zero-order valence-electron chi connectivity index (χ0n) is 15.1. The number of hydrogen-bond donors (Lipinski definition) is 3. The van der Waals surface area contributed by atoms with Gasteiger partial charge in [0.25, 0.3) is 10.0 Å². The number of anilines is 1. The standard InChI is InChI=1S/C20H25N3O3S/c21-13-15-8-6-11-18(15)20(24)22-14-16-7-4-5-12-19(16)23-27(25,26)17-9-2-1-3-10-17/h1-5,7,9-10,12,15,18,23H,6,8,11,13-14,21H2,(H,22,24)/t15-,18-/m1/s1. The highest BCUT2D eigenvalue weighted by atomic mass is 32.2. The molecule has 0 bridgehead atoms. The van der Waals surface area contributed by atoms with Gasteiger partial charge in [-0.2, -0.15) is 0 Å². The van der Waals surface area contributed by atoms with Crippen molar-refractivity contribution in [3.63, 3.8) is 0 Å². The van der Waals surface area contributed by atoms with E-state index in [1.54, 1.807) is 48.5 Å². The van der Waals surface area contributed by atoms with E-state index >= 15 is 0 Å². The van der Waals surface area contributed by atoms with Crippen molar-refractivity contribution in [1.29, 1.82) is 0 Å². The number of amides is 1. The maximum atomic E-state index is 12.6. The van der Waals surface area contributed by atoms with Crippen molar-refractivity contribution in [3.8, 4) is 0 Å². The fourth-order valence-corrected chi connectivity index (χ4v) is 4.68. The molecule has 2 aromatic carbocycles. The molecule has 0 aliphatic heterocycles. The van der Waals surface area contributed by atoms with Gasteiger partial charge in [0.15, 0.2) is 0 Å². The van der Waals surface area contributed by atoms with Crippen molar-refractivity contribution in [2.75, 3.05) is 11.3 Å². The van der Waals surface area contributed by atoms with Crippen LogP contribution in [-0.4, -0.2) is 20.9 Å². The van der Waals surface area contributed by atoms with Crippen molar-refractivity contribution in [2.45, 2.75) is 30.7 Å². The van der Waals surface area contributed by atoms with Crippen LogP contribution in [0.25, 0.3) is 0 Å². The highest BCUT2D eigenvalue weighted by Gasteiger charge is 2.31. The van der Waals surface area contributed by atoms with Gasteiger partial charge in [0.2, 0.25) is 5.91 Å². The second kappa shape index (κ2) is 8.54. The molecule has 27 heavy (non-hydrogen) atoms. The van der Waals surface area contributed by atoms with Crippen LogP contribution in [0.1, 0.15) is 24.8 Å². The van der Waals surface area contributed by atoms with Gasteiger partial charge < -0.3 is 11.1 Å². The Balaban J connectivity index is 1.70. The lowest BCUT2D eigenvalue weighted by atomic mass is 9.95. The van der Waals surface area contributed by atoms with Crippen molar-refractivity contribution < 1.29 is 13.2 Å². The highest BCUT2D eigenvalue weighted by Crippen LogP contribution is 2.31. The lowest BCUT2D eigenvalue weighted by Gasteiger charge is -2.18. The third kappa shape index (κ3) is 4.67. The van der Waals surface area contributed by atoms with Crippen LogP contribution in [0.5, 0.6) is 0 Å². The van der Waals surface area contributed by atoms with E-state index in [2.05, 4.69) is 10.0 Å². The normalized spacial score (nSPS) is 19.6. The van der Waals surface area contributed by atoms with Gasteiger partial charge in [-0.1, -0.05) is 42.8 Å². The first-order valence-corrected chi connectivity index (χ1v) is 10.6. The smallest absolute Gasteiger partial charge is 0.261 e. The van der Waals surface area contributed by atoms with E-state index in [0.717, 1.165) is 19.3 Å². The van der Waals surface area contributed by atoms with Crippen molar-refractivity contribution in [2.24, 2.45) is 17.6 Å². The fraction of sp³-hybridized carbons (Fsp3) is 0.350. The molecular weight excluding hydrogens is 362 g/mol. The Morgan fingerprint density at radius 1 is 1.04 bits per heavy atom. The zero-order valence-corrected chi connectivity index (χ0v) is 15.9. The molecule has 0 saturated heterocycles. The lowest BCUT2D eigenvalue weighted by molar-refractivity contribution is -0.126. The van der Waals surface area contributed by atoms with Gasteiger partial charge in [0.05, 0.1) is 10.6 Å². The Morgan fingerprint density at radius 2 is 1.74 bits per heavy atom. The average molecular weight is 388 g/mol. The molecule has 144 valence electrons. The first-order chi connectivity index (χ1) is 13.0. The van der Waals surface area contributed by atoms with E-state index in [4.69, 9.17) is 5.73 Å². The maximum absolute atomic E-state index is 12.6. The van der Waals surface area contributed by atoms with Crippen molar-refractivity contribution >= 4 is 21.6 Å². The van der Waals surface area contributed by atoms with Crippen LogP contribution in [0.2, 0.25) is 0 Å². The average Bonchev–Trinajstić information content (AvgIpc) is 3.16. The highest BCUT2D eigenvalue weighted by molar-refractivity contribution is 7.92. The minimum absolute atomic E-state index is 0.0105. The van der Waals surface area contributed by atoms with Crippen molar-refractivity contribution in [1.82, 2.24) is 5.32 Å². The molecule has 0 aromatic heterocycles. The molecule has 1 amide bonds. The number of rotatable bonds is 7. The first-order valence-electron chi connectivity index (χ1n) is 9.15. The van der Waals surface area contributed by atoms with Crippen LogP contribution in [-0.2, 0) is 21.4 Å². The molecule has 0 spiro atoms. The number of benzene rings is 2. The number of hydrogen-bond acceptors (Lipinski definition) is 4. The molecule has 0 unspecified atom stereocenters. The summed E-state index contributed by atoms with van der Waals surface area (Å²) in [4.78, 5) is 12.7. The van der Waals surface area contributed by atoms with Crippen LogP contribution in [0.15, 0.2) is 59.5 Å². The number of carbonyl (C=O) groups is 1. The van der Waals surface area contributed by atoms with Crippen LogP contribution in [0.3, 0.4) is 0 Å². The van der Waals surface area contributed by atoms with Gasteiger partial charge in [0, 0.05) is 12.5 Å². The zero-order chi connectivity index (χ0) is 19.3. The third-order valence-corrected chi connectivity index (χ3v) is 6.45. The Morgan fingerprint density at radius 3 is 2.48 bits per heavy atom. The Bertz CT molecular complexity index is 884. The lowest BCUT2D eigenvalue weighted by Crippen LogP contribution is -2.34. The molecule has 0 heterocycles. The van der Waals surface area contributed by atoms with E-state index < -0.39 is 10.0 Å². The van der Waals surface area contributed by atoms with Crippen LogP contribution in [0.4, 0.5) is 5.69 Å². The number of carbonyl (C=O) groups excluding carboxylic acids is 1. The predicted octanol–water partition coefficient (Wildman–Crippen LogP) is 2.48. The summed E-state index contributed by atoms with van der Waals surface area (Å²) >= 11 is 0. The van der Waals surface area contributed by atoms with Crippen LogP contribution < -0.4 is 15.8 Å². The predicted molar refractivity (Wildman–Crippen MR) is 105 cm³/mol. The molecular formula is C20H25N3O3S. The summed E-state index contributed by atoms with van der Waals surface area (Å²) in [7, 11) is -3.68. The number of sulfonamides is 1. The van der Waals surface area contributed by atoms with Gasteiger partial charge in [-0.05, 0) is 49.1 Å². The fourth-order valence-electron chi connectivity index (χ4n) is 3.55. The molecule has 1 saturated carbocycles. The molecule has 1 aliphatic carbocycles. The van der Waals surface area contributed by atoms with Crippen LogP contribution in [0, 0.1) is 11.8 Å². The van der Waals surface area contributed by atoms with E-state index in [9.17, 15) is 13.2 Å². The summed E-state index contributed by atoms with van der Waals surface area (Å²) in [5.41, 5.74) is 6.94. The number of nitrogens with two attached hydrogens (primary N) is 1. The van der Waals surface area contributed by atoms with Gasteiger partial charge in [-0.15, -0.1) is 0 Å². The van der Waals surface area contributed by atoms with Gasteiger partial charge in [-0.3, -0.25) is 9.52 Å². The Labute approximate surface area is 160 Å². The SMILES string of the molecule is NC[C@H]1CCC[C@H]1C(=O)NCc1ccccc1NS(=O)(=O)c1ccccc1.